The quantitative estimate of drug-likeness (QED) is 0.873. The second-order valence-electron chi connectivity index (χ2n) is 4.75. The fourth-order valence-electron chi connectivity index (χ4n) is 2.08. The van der Waals surface area contributed by atoms with Gasteiger partial charge in [0.1, 0.15) is 11.6 Å². The highest BCUT2D eigenvalue weighted by molar-refractivity contribution is 7.99. The number of rotatable bonds is 5. The van der Waals surface area contributed by atoms with Gasteiger partial charge in [-0.05, 0) is 12.1 Å². The summed E-state index contributed by atoms with van der Waals surface area (Å²) in [6.45, 7) is 3.46. The van der Waals surface area contributed by atoms with Crippen LogP contribution >= 0.6 is 11.8 Å². The van der Waals surface area contributed by atoms with Crippen molar-refractivity contribution in [2.75, 3.05) is 55.4 Å². The Hall–Kier alpha value is -1.15. The Morgan fingerprint density at radius 1 is 1.24 bits per heavy atom. The molecule has 0 bridgehead atoms. The fraction of sp³-hybridized carbons (Fsp3) is 0.615. The number of aromatic nitrogens is 1. The van der Waals surface area contributed by atoms with Gasteiger partial charge < -0.3 is 10.6 Å². The third-order valence-corrected chi connectivity index (χ3v) is 4.19. The number of pyridine rings is 1. The van der Waals surface area contributed by atoms with Crippen molar-refractivity contribution >= 4 is 23.4 Å². The molecule has 1 aliphatic rings. The van der Waals surface area contributed by atoms with Crippen LogP contribution in [0.25, 0.3) is 0 Å². The number of halogens is 3. The number of thioether (sulfide) groups is 1. The summed E-state index contributed by atoms with van der Waals surface area (Å²) >= 11 is 1.93. The zero-order chi connectivity index (χ0) is 15.3. The van der Waals surface area contributed by atoms with Crippen molar-refractivity contribution in [2.45, 2.75) is 6.18 Å². The molecule has 1 aromatic heterocycles. The number of alkyl halides is 3. The van der Waals surface area contributed by atoms with Gasteiger partial charge in [0.15, 0.2) is 0 Å². The van der Waals surface area contributed by atoms with Crippen LogP contribution in [0.2, 0.25) is 0 Å². The number of anilines is 2. The van der Waals surface area contributed by atoms with Crippen LogP contribution in [0.1, 0.15) is 5.56 Å². The van der Waals surface area contributed by atoms with Gasteiger partial charge in [-0.1, -0.05) is 0 Å². The van der Waals surface area contributed by atoms with Crippen LogP contribution in [-0.4, -0.2) is 54.6 Å². The Bertz CT molecular complexity index is 461. The SMILES string of the molecule is CNc1cc(C(F)(F)F)cc(NCCN2CCSCC2)n1. The van der Waals surface area contributed by atoms with Gasteiger partial charge in [-0.2, -0.15) is 24.9 Å². The van der Waals surface area contributed by atoms with Gasteiger partial charge in [-0.15, -0.1) is 0 Å². The van der Waals surface area contributed by atoms with Crippen molar-refractivity contribution in [3.8, 4) is 0 Å². The van der Waals surface area contributed by atoms with E-state index >= 15 is 0 Å². The van der Waals surface area contributed by atoms with E-state index < -0.39 is 11.7 Å². The molecular weight excluding hydrogens is 301 g/mol. The minimum atomic E-state index is -4.37. The van der Waals surface area contributed by atoms with E-state index in [4.69, 9.17) is 0 Å². The molecule has 1 fully saturated rings. The van der Waals surface area contributed by atoms with E-state index in [2.05, 4.69) is 20.5 Å². The Morgan fingerprint density at radius 3 is 2.52 bits per heavy atom. The monoisotopic (exact) mass is 320 g/mol. The molecule has 0 amide bonds. The van der Waals surface area contributed by atoms with Crippen molar-refractivity contribution in [2.24, 2.45) is 0 Å². The standard InChI is InChI=1S/C13H19F3N4S/c1-17-11-8-10(13(14,15)16)9-12(19-11)18-2-3-20-4-6-21-7-5-20/h8-9H,2-7H2,1H3,(H2,17,18,19). The van der Waals surface area contributed by atoms with E-state index in [1.54, 1.807) is 7.05 Å². The van der Waals surface area contributed by atoms with Gasteiger partial charge >= 0.3 is 6.18 Å². The van der Waals surface area contributed by atoms with E-state index in [-0.39, 0.29) is 11.6 Å². The zero-order valence-corrected chi connectivity index (χ0v) is 12.7. The summed E-state index contributed by atoms with van der Waals surface area (Å²) in [4.78, 5) is 6.40. The second-order valence-corrected chi connectivity index (χ2v) is 5.98. The molecule has 0 aliphatic carbocycles. The first kappa shape index (κ1) is 16.2. The van der Waals surface area contributed by atoms with E-state index in [1.165, 1.54) is 0 Å². The molecule has 21 heavy (non-hydrogen) atoms. The number of nitrogens with one attached hydrogen (secondary N) is 2. The minimum absolute atomic E-state index is 0.210. The molecule has 0 atom stereocenters. The maximum atomic E-state index is 12.8. The smallest absolute Gasteiger partial charge is 0.373 e. The third kappa shape index (κ3) is 4.96. The molecule has 1 aliphatic heterocycles. The Balaban J connectivity index is 1.95. The lowest BCUT2D eigenvalue weighted by molar-refractivity contribution is -0.137. The second kappa shape index (κ2) is 7.22. The summed E-state index contributed by atoms with van der Waals surface area (Å²) in [6.07, 6.45) is -4.37. The van der Waals surface area contributed by atoms with Gasteiger partial charge in [0.2, 0.25) is 0 Å². The van der Waals surface area contributed by atoms with Crippen LogP contribution in [0, 0.1) is 0 Å². The van der Waals surface area contributed by atoms with Crippen molar-refractivity contribution in [1.29, 1.82) is 0 Å². The van der Waals surface area contributed by atoms with E-state index in [0.29, 0.717) is 6.54 Å². The van der Waals surface area contributed by atoms with Crippen LogP contribution in [0.15, 0.2) is 12.1 Å². The van der Waals surface area contributed by atoms with Gasteiger partial charge in [0.05, 0.1) is 5.56 Å². The van der Waals surface area contributed by atoms with Crippen molar-refractivity contribution in [1.82, 2.24) is 9.88 Å². The lowest BCUT2D eigenvalue weighted by Crippen LogP contribution is -2.36. The molecule has 0 unspecified atom stereocenters. The lowest BCUT2D eigenvalue weighted by atomic mass is 10.2. The Morgan fingerprint density at radius 2 is 1.90 bits per heavy atom. The van der Waals surface area contributed by atoms with Gasteiger partial charge in [-0.25, -0.2) is 4.98 Å². The fourth-order valence-corrected chi connectivity index (χ4v) is 3.06. The van der Waals surface area contributed by atoms with Crippen molar-refractivity contribution in [3.63, 3.8) is 0 Å². The molecule has 2 heterocycles. The maximum absolute atomic E-state index is 12.8. The molecule has 2 N–H and O–H groups in total. The molecule has 1 aromatic rings. The molecule has 0 saturated carbocycles. The average molecular weight is 320 g/mol. The number of hydrogen-bond acceptors (Lipinski definition) is 5. The molecule has 4 nitrogen and oxygen atoms in total. The van der Waals surface area contributed by atoms with Crippen LogP contribution in [0.4, 0.5) is 24.8 Å². The van der Waals surface area contributed by atoms with Crippen LogP contribution in [-0.2, 0) is 6.18 Å². The lowest BCUT2D eigenvalue weighted by Gasteiger charge is -2.26. The summed E-state index contributed by atoms with van der Waals surface area (Å²) in [5.41, 5.74) is -0.696. The van der Waals surface area contributed by atoms with Crippen LogP contribution in [0.5, 0.6) is 0 Å². The Labute approximate surface area is 126 Å². The van der Waals surface area contributed by atoms with Gasteiger partial charge in [-0.3, -0.25) is 4.90 Å². The van der Waals surface area contributed by atoms with E-state index in [0.717, 1.165) is 43.3 Å². The predicted molar refractivity (Wildman–Crippen MR) is 81.0 cm³/mol. The average Bonchev–Trinajstić information content (AvgIpc) is 2.47. The highest BCUT2D eigenvalue weighted by atomic mass is 32.2. The third-order valence-electron chi connectivity index (χ3n) is 3.25. The summed E-state index contributed by atoms with van der Waals surface area (Å²) in [5, 5.41) is 5.63. The van der Waals surface area contributed by atoms with Gasteiger partial charge in [0, 0.05) is 44.7 Å². The molecule has 1 saturated heterocycles. The van der Waals surface area contributed by atoms with Crippen molar-refractivity contribution < 1.29 is 13.2 Å². The molecule has 0 aromatic carbocycles. The molecule has 118 valence electrons. The van der Waals surface area contributed by atoms with Crippen LogP contribution in [0.3, 0.4) is 0 Å². The summed E-state index contributed by atoms with van der Waals surface area (Å²) in [5.74, 6) is 2.69. The highest BCUT2D eigenvalue weighted by Gasteiger charge is 2.31. The number of nitrogens with zero attached hydrogens (tertiary/aromatic N) is 2. The number of hydrogen-bond donors (Lipinski definition) is 2. The predicted octanol–water partition coefficient (Wildman–Crippen LogP) is 2.60. The zero-order valence-electron chi connectivity index (χ0n) is 11.8. The van der Waals surface area contributed by atoms with E-state index in [9.17, 15) is 13.2 Å². The highest BCUT2D eigenvalue weighted by Crippen LogP contribution is 2.31. The van der Waals surface area contributed by atoms with Gasteiger partial charge in [0.25, 0.3) is 0 Å². The molecule has 0 spiro atoms. The molecular formula is C13H19F3N4S. The molecule has 2 rings (SSSR count). The summed E-state index contributed by atoms with van der Waals surface area (Å²) in [7, 11) is 1.55. The molecule has 8 heteroatoms. The first-order chi connectivity index (χ1) is 9.99. The maximum Gasteiger partial charge on any atom is 0.416 e. The molecule has 0 radical (unpaired) electrons. The first-order valence-electron chi connectivity index (χ1n) is 6.80. The Kier molecular flexibility index (Phi) is 5.58. The first-order valence-corrected chi connectivity index (χ1v) is 7.95. The summed E-state index contributed by atoms with van der Waals surface area (Å²) < 4.78 is 38.4. The van der Waals surface area contributed by atoms with E-state index in [1.807, 2.05) is 11.8 Å². The van der Waals surface area contributed by atoms with Crippen molar-refractivity contribution in [3.05, 3.63) is 17.7 Å². The largest absolute Gasteiger partial charge is 0.416 e. The normalized spacial score (nSPS) is 16.8. The topological polar surface area (TPSA) is 40.2 Å². The minimum Gasteiger partial charge on any atom is -0.373 e. The van der Waals surface area contributed by atoms with Crippen LogP contribution < -0.4 is 10.6 Å². The summed E-state index contributed by atoms with van der Waals surface area (Å²) in [6, 6.07) is 2.06.